The van der Waals surface area contributed by atoms with Gasteiger partial charge in [0.15, 0.2) is 11.6 Å². The third-order valence-electron chi connectivity index (χ3n) is 5.20. The lowest BCUT2D eigenvalue weighted by Gasteiger charge is -2.12. The van der Waals surface area contributed by atoms with Gasteiger partial charge in [-0.1, -0.05) is 25.9 Å². The van der Waals surface area contributed by atoms with E-state index in [9.17, 15) is 4.79 Å². The standard InChI is InChI=1S/C24H24N8O2S/c1-24(2,3)19-10-20(31-34-19)30-23(33)29-16-7-5-15(6-8-16)28-22-21-17(25-13-26-22)9-18(35-21)14-11-27-32(4)12-14/h5-13H,1-4H3,(H,25,26,28)(H2,29,30,31,33). The number of carbonyl (C=O) groups is 1. The van der Waals surface area contributed by atoms with Gasteiger partial charge in [-0.2, -0.15) is 5.10 Å². The average Bonchev–Trinajstić information content (AvgIpc) is 3.54. The Morgan fingerprint density at radius 1 is 1.06 bits per heavy atom. The molecule has 0 radical (unpaired) electrons. The number of nitrogens with zero attached hydrogens (tertiary/aromatic N) is 5. The van der Waals surface area contributed by atoms with E-state index in [4.69, 9.17) is 4.52 Å². The number of aromatic nitrogens is 5. The third kappa shape index (κ3) is 4.99. The number of rotatable bonds is 5. The van der Waals surface area contributed by atoms with Crippen LogP contribution in [-0.4, -0.2) is 30.9 Å². The molecule has 0 aliphatic heterocycles. The molecule has 3 N–H and O–H groups in total. The normalized spacial score (nSPS) is 11.5. The number of thiophene rings is 1. The maximum atomic E-state index is 12.3. The quantitative estimate of drug-likeness (QED) is 0.287. The van der Waals surface area contributed by atoms with Crippen LogP contribution in [0.15, 0.2) is 59.6 Å². The molecule has 10 nitrogen and oxygen atoms in total. The number of fused-ring (bicyclic) bond motifs is 1. The van der Waals surface area contributed by atoms with Gasteiger partial charge in [0.25, 0.3) is 0 Å². The maximum Gasteiger partial charge on any atom is 0.324 e. The minimum atomic E-state index is -0.404. The van der Waals surface area contributed by atoms with Gasteiger partial charge in [-0.05, 0) is 30.3 Å². The van der Waals surface area contributed by atoms with Crippen LogP contribution in [0.4, 0.5) is 27.8 Å². The molecule has 11 heteroatoms. The molecule has 0 saturated heterocycles. The average molecular weight is 489 g/mol. The van der Waals surface area contributed by atoms with E-state index in [0.717, 1.165) is 26.3 Å². The molecule has 5 rings (SSSR count). The second-order valence-electron chi connectivity index (χ2n) is 9.06. The van der Waals surface area contributed by atoms with E-state index in [2.05, 4.69) is 36.2 Å². The summed E-state index contributed by atoms with van der Waals surface area (Å²) in [5.41, 5.74) is 3.18. The summed E-state index contributed by atoms with van der Waals surface area (Å²) < 4.78 is 8.02. The number of nitrogens with one attached hydrogen (secondary N) is 3. The number of aryl methyl sites for hydroxylation is 1. The highest BCUT2D eigenvalue weighted by Crippen LogP contribution is 2.36. The first-order chi connectivity index (χ1) is 16.7. The van der Waals surface area contributed by atoms with Crippen molar-refractivity contribution >= 4 is 50.6 Å². The van der Waals surface area contributed by atoms with Gasteiger partial charge < -0.3 is 15.2 Å². The lowest BCUT2D eigenvalue weighted by atomic mass is 9.93. The molecule has 0 unspecified atom stereocenters. The molecule has 5 aromatic rings. The highest BCUT2D eigenvalue weighted by atomic mass is 32.1. The Hall–Kier alpha value is -4.25. The first-order valence-corrected chi connectivity index (χ1v) is 11.7. The Balaban J connectivity index is 1.26. The van der Waals surface area contributed by atoms with E-state index in [1.165, 1.54) is 0 Å². The second-order valence-corrected chi connectivity index (χ2v) is 10.1. The first-order valence-electron chi connectivity index (χ1n) is 10.9. The monoisotopic (exact) mass is 488 g/mol. The van der Waals surface area contributed by atoms with Crippen molar-refractivity contribution in [2.75, 3.05) is 16.0 Å². The number of carbonyl (C=O) groups excluding carboxylic acids is 1. The van der Waals surface area contributed by atoms with Crippen molar-refractivity contribution in [3.8, 4) is 10.4 Å². The summed E-state index contributed by atoms with van der Waals surface area (Å²) in [4.78, 5) is 22.2. The van der Waals surface area contributed by atoms with Crippen molar-refractivity contribution in [1.29, 1.82) is 0 Å². The number of benzene rings is 1. The van der Waals surface area contributed by atoms with E-state index in [1.54, 1.807) is 40.5 Å². The lowest BCUT2D eigenvalue weighted by molar-refractivity contribution is 0.262. The van der Waals surface area contributed by atoms with Gasteiger partial charge in [0, 0.05) is 46.5 Å². The predicted molar refractivity (Wildman–Crippen MR) is 137 cm³/mol. The largest absolute Gasteiger partial charge is 0.359 e. The van der Waals surface area contributed by atoms with Crippen LogP contribution in [0.25, 0.3) is 20.7 Å². The molecule has 1 aromatic carbocycles. The summed E-state index contributed by atoms with van der Waals surface area (Å²) >= 11 is 1.61. The fourth-order valence-electron chi connectivity index (χ4n) is 3.37. The molecule has 0 bridgehead atoms. The van der Waals surface area contributed by atoms with Crippen LogP contribution in [0.2, 0.25) is 0 Å². The minimum Gasteiger partial charge on any atom is -0.359 e. The zero-order valence-corrected chi connectivity index (χ0v) is 20.5. The Morgan fingerprint density at radius 2 is 1.83 bits per heavy atom. The molecular formula is C24H24N8O2S. The Morgan fingerprint density at radius 3 is 2.51 bits per heavy atom. The zero-order chi connectivity index (χ0) is 24.6. The summed E-state index contributed by atoms with van der Waals surface area (Å²) in [6, 6.07) is 10.7. The van der Waals surface area contributed by atoms with Crippen LogP contribution in [-0.2, 0) is 12.5 Å². The van der Waals surface area contributed by atoms with Gasteiger partial charge in [-0.25, -0.2) is 14.8 Å². The highest BCUT2D eigenvalue weighted by Gasteiger charge is 2.20. The number of anilines is 4. The fraction of sp³-hybridized carbons (Fsp3) is 0.208. The highest BCUT2D eigenvalue weighted by molar-refractivity contribution is 7.22. The fourth-order valence-corrected chi connectivity index (χ4v) is 4.40. The van der Waals surface area contributed by atoms with E-state index < -0.39 is 6.03 Å². The Labute approximate surface area is 205 Å². The van der Waals surface area contributed by atoms with Crippen molar-refractivity contribution in [3.63, 3.8) is 0 Å². The van der Waals surface area contributed by atoms with Crippen molar-refractivity contribution in [2.24, 2.45) is 7.05 Å². The third-order valence-corrected chi connectivity index (χ3v) is 6.38. The van der Waals surface area contributed by atoms with E-state index in [1.807, 2.05) is 58.4 Å². The number of hydrogen-bond donors (Lipinski definition) is 3. The molecule has 0 fully saturated rings. The minimum absolute atomic E-state index is 0.190. The SMILES string of the molecule is Cn1cc(-c2cc3ncnc(Nc4ccc(NC(=O)Nc5cc(C(C)(C)C)on5)cc4)c3s2)cn1. The Bertz CT molecular complexity index is 1490. The summed E-state index contributed by atoms with van der Waals surface area (Å²) in [5.74, 6) is 1.77. The van der Waals surface area contributed by atoms with Crippen LogP contribution >= 0.6 is 11.3 Å². The second kappa shape index (κ2) is 8.84. The van der Waals surface area contributed by atoms with Crippen molar-refractivity contribution in [3.05, 3.63) is 60.9 Å². The molecular weight excluding hydrogens is 464 g/mol. The van der Waals surface area contributed by atoms with Gasteiger partial charge >= 0.3 is 6.03 Å². The van der Waals surface area contributed by atoms with Gasteiger partial charge in [0.1, 0.15) is 12.1 Å². The summed E-state index contributed by atoms with van der Waals surface area (Å²) in [6.45, 7) is 6.03. The molecule has 2 amide bonds. The van der Waals surface area contributed by atoms with Gasteiger partial charge in [-0.3, -0.25) is 10.00 Å². The van der Waals surface area contributed by atoms with Crippen LogP contribution in [0.1, 0.15) is 26.5 Å². The van der Waals surface area contributed by atoms with Crippen molar-refractivity contribution < 1.29 is 9.32 Å². The van der Waals surface area contributed by atoms with E-state index in [-0.39, 0.29) is 5.41 Å². The molecule has 0 spiro atoms. The molecule has 178 valence electrons. The van der Waals surface area contributed by atoms with E-state index in [0.29, 0.717) is 23.1 Å². The summed E-state index contributed by atoms with van der Waals surface area (Å²) in [5, 5.41) is 17.0. The number of amides is 2. The zero-order valence-electron chi connectivity index (χ0n) is 19.7. The van der Waals surface area contributed by atoms with Crippen molar-refractivity contribution in [2.45, 2.75) is 26.2 Å². The smallest absolute Gasteiger partial charge is 0.324 e. The molecule has 0 aliphatic rings. The molecule has 0 saturated carbocycles. The van der Waals surface area contributed by atoms with Crippen molar-refractivity contribution in [1.82, 2.24) is 24.9 Å². The van der Waals surface area contributed by atoms with Crippen LogP contribution < -0.4 is 16.0 Å². The topological polar surface area (TPSA) is 123 Å². The van der Waals surface area contributed by atoms with E-state index >= 15 is 0 Å². The molecule has 0 aliphatic carbocycles. The van der Waals surface area contributed by atoms with Gasteiger partial charge in [0.2, 0.25) is 0 Å². The molecule has 4 heterocycles. The molecule has 4 aromatic heterocycles. The van der Waals surface area contributed by atoms with Gasteiger partial charge in [-0.15, -0.1) is 11.3 Å². The predicted octanol–water partition coefficient (Wildman–Crippen LogP) is 5.76. The maximum absolute atomic E-state index is 12.3. The number of urea groups is 1. The molecule has 35 heavy (non-hydrogen) atoms. The van der Waals surface area contributed by atoms with Gasteiger partial charge in [0.05, 0.1) is 16.4 Å². The molecule has 0 atom stereocenters. The number of hydrogen-bond acceptors (Lipinski definition) is 8. The summed E-state index contributed by atoms with van der Waals surface area (Å²) in [6.07, 6.45) is 5.35. The summed E-state index contributed by atoms with van der Waals surface area (Å²) in [7, 11) is 1.89. The van der Waals surface area contributed by atoms with Crippen LogP contribution in [0.3, 0.4) is 0 Å². The Kier molecular flexibility index (Phi) is 5.69. The lowest BCUT2D eigenvalue weighted by Crippen LogP contribution is -2.19. The van der Waals surface area contributed by atoms with Crippen LogP contribution in [0.5, 0.6) is 0 Å². The first kappa shape index (κ1) is 22.5. The van der Waals surface area contributed by atoms with Crippen LogP contribution in [0, 0.1) is 0 Å².